The van der Waals surface area contributed by atoms with E-state index in [1.54, 1.807) is 0 Å². The molecule has 0 aliphatic carbocycles. The number of alkyl halides is 2. The Balaban J connectivity index is 2.28. The summed E-state index contributed by atoms with van der Waals surface area (Å²) < 4.78 is 25.3. The van der Waals surface area contributed by atoms with E-state index < -0.39 is 5.92 Å². The molecule has 0 aromatic rings. The van der Waals surface area contributed by atoms with Gasteiger partial charge in [0.1, 0.15) is 0 Å². The van der Waals surface area contributed by atoms with Crippen molar-refractivity contribution < 1.29 is 8.78 Å². The lowest BCUT2D eigenvalue weighted by atomic mass is 9.95. The molecule has 1 aliphatic rings. The number of hydrogen-bond acceptors (Lipinski definition) is 2. The largest absolute Gasteiger partial charge is 0.303 e. The zero-order valence-electron chi connectivity index (χ0n) is 9.18. The first kappa shape index (κ1) is 12.4. The van der Waals surface area contributed by atoms with Gasteiger partial charge in [0.25, 0.3) is 0 Å². The van der Waals surface area contributed by atoms with Crippen molar-refractivity contribution in [2.24, 2.45) is 5.92 Å². The van der Waals surface area contributed by atoms with Gasteiger partial charge in [-0.3, -0.25) is 0 Å². The lowest BCUT2D eigenvalue weighted by Gasteiger charge is -2.32. The van der Waals surface area contributed by atoms with Crippen LogP contribution in [0.2, 0.25) is 0 Å². The number of rotatable bonds is 4. The maximum atomic E-state index is 12.6. The molecule has 0 saturated carbocycles. The van der Waals surface area contributed by atoms with Crippen molar-refractivity contribution in [2.75, 3.05) is 19.6 Å². The van der Waals surface area contributed by atoms with Gasteiger partial charge in [-0.25, -0.2) is 8.78 Å². The van der Waals surface area contributed by atoms with Gasteiger partial charge in [-0.15, -0.1) is 0 Å². The van der Waals surface area contributed by atoms with E-state index in [-0.39, 0.29) is 6.42 Å². The fourth-order valence-electron chi connectivity index (χ4n) is 2.00. The van der Waals surface area contributed by atoms with Crippen molar-refractivity contribution in [1.82, 2.24) is 4.90 Å². The van der Waals surface area contributed by atoms with Crippen molar-refractivity contribution in [3.63, 3.8) is 0 Å². The summed E-state index contributed by atoms with van der Waals surface area (Å²) in [5, 5.41) is 8.58. The Kier molecular flexibility index (Phi) is 4.46. The minimum atomic E-state index is -2.57. The van der Waals surface area contributed by atoms with E-state index in [4.69, 9.17) is 5.26 Å². The summed E-state index contributed by atoms with van der Waals surface area (Å²) in [5.74, 6) is -2.18. The zero-order chi connectivity index (χ0) is 11.3. The highest BCUT2D eigenvalue weighted by atomic mass is 19.3. The van der Waals surface area contributed by atoms with Gasteiger partial charge >= 0.3 is 0 Å². The fourth-order valence-corrected chi connectivity index (χ4v) is 2.00. The first-order chi connectivity index (χ1) is 7.01. The van der Waals surface area contributed by atoms with Crippen LogP contribution in [0, 0.1) is 17.2 Å². The molecule has 1 heterocycles. The molecule has 0 amide bonds. The summed E-state index contributed by atoms with van der Waals surface area (Å²) in [6, 6.07) is 2.16. The molecule has 0 bridgehead atoms. The van der Waals surface area contributed by atoms with Crippen LogP contribution in [0.1, 0.15) is 32.6 Å². The molecule has 1 aliphatic heterocycles. The van der Waals surface area contributed by atoms with E-state index >= 15 is 0 Å². The molecule has 0 N–H and O–H groups in total. The number of hydrogen-bond donors (Lipinski definition) is 0. The minimum Gasteiger partial charge on any atom is -0.303 e. The molecule has 15 heavy (non-hydrogen) atoms. The van der Waals surface area contributed by atoms with Gasteiger partial charge in [-0.05, 0) is 32.2 Å². The Bertz CT molecular complexity index is 230. The van der Waals surface area contributed by atoms with Gasteiger partial charge < -0.3 is 4.90 Å². The number of nitrogens with zero attached hydrogens (tertiary/aromatic N) is 2. The first-order valence-corrected chi connectivity index (χ1v) is 5.48. The van der Waals surface area contributed by atoms with Crippen LogP contribution in [-0.4, -0.2) is 30.5 Å². The summed E-state index contributed by atoms with van der Waals surface area (Å²) in [6.07, 6.45) is 2.57. The van der Waals surface area contributed by atoms with E-state index in [0.29, 0.717) is 18.9 Å². The number of nitriles is 1. The Labute approximate surface area is 89.9 Å². The standard InChI is InChI=1S/C11H18F2N2/c1-11(12,13)5-8-15-7-2-3-10(9-15)4-6-14/h10H,2-5,7-9H2,1H3. The third-order valence-corrected chi connectivity index (χ3v) is 2.85. The van der Waals surface area contributed by atoms with Crippen LogP contribution >= 0.6 is 0 Å². The van der Waals surface area contributed by atoms with E-state index in [9.17, 15) is 8.78 Å². The van der Waals surface area contributed by atoms with Gasteiger partial charge in [0.05, 0.1) is 6.07 Å². The zero-order valence-corrected chi connectivity index (χ0v) is 9.18. The topological polar surface area (TPSA) is 27.0 Å². The molecule has 1 atom stereocenters. The predicted octanol–water partition coefficient (Wildman–Crippen LogP) is 2.66. The van der Waals surface area contributed by atoms with Crippen LogP contribution in [0.15, 0.2) is 0 Å². The second kappa shape index (κ2) is 5.41. The highest BCUT2D eigenvalue weighted by Crippen LogP contribution is 2.22. The summed E-state index contributed by atoms with van der Waals surface area (Å²) in [5.41, 5.74) is 0. The molecule has 86 valence electrons. The van der Waals surface area contributed by atoms with Crippen LogP contribution in [0.25, 0.3) is 0 Å². The predicted molar refractivity (Wildman–Crippen MR) is 54.6 cm³/mol. The lowest BCUT2D eigenvalue weighted by molar-refractivity contribution is -0.000496. The van der Waals surface area contributed by atoms with Gasteiger partial charge in [0.2, 0.25) is 5.92 Å². The molecule has 2 nitrogen and oxygen atoms in total. The molecular weight excluding hydrogens is 198 g/mol. The monoisotopic (exact) mass is 216 g/mol. The summed E-state index contributed by atoms with van der Waals surface area (Å²) in [4.78, 5) is 2.06. The second-order valence-corrected chi connectivity index (χ2v) is 4.49. The van der Waals surface area contributed by atoms with Crippen molar-refractivity contribution in [3.8, 4) is 6.07 Å². The molecule has 0 spiro atoms. The van der Waals surface area contributed by atoms with Crippen molar-refractivity contribution in [2.45, 2.75) is 38.5 Å². The highest BCUT2D eigenvalue weighted by Gasteiger charge is 2.25. The number of halogens is 2. The summed E-state index contributed by atoms with van der Waals surface area (Å²) in [6.45, 7) is 3.12. The fraction of sp³-hybridized carbons (Fsp3) is 0.909. The van der Waals surface area contributed by atoms with E-state index in [0.717, 1.165) is 32.9 Å². The number of piperidine rings is 1. The second-order valence-electron chi connectivity index (χ2n) is 4.49. The SMILES string of the molecule is CC(F)(F)CCN1CCCC(CC#N)C1. The average molecular weight is 216 g/mol. The van der Waals surface area contributed by atoms with Crippen LogP contribution < -0.4 is 0 Å². The highest BCUT2D eigenvalue weighted by molar-refractivity contribution is 4.81. The van der Waals surface area contributed by atoms with Crippen molar-refractivity contribution in [1.29, 1.82) is 5.26 Å². The van der Waals surface area contributed by atoms with Crippen LogP contribution in [0.3, 0.4) is 0 Å². The number of likely N-dealkylation sites (tertiary alicyclic amines) is 1. The quantitative estimate of drug-likeness (QED) is 0.722. The van der Waals surface area contributed by atoms with Gasteiger partial charge in [0.15, 0.2) is 0 Å². The maximum absolute atomic E-state index is 12.6. The van der Waals surface area contributed by atoms with Gasteiger partial charge in [-0.1, -0.05) is 0 Å². The molecule has 1 fully saturated rings. The minimum absolute atomic E-state index is 0.0771. The van der Waals surface area contributed by atoms with Gasteiger partial charge in [0, 0.05) is 25.9 Å². The van der Waals surface area contributed by atoms with Crippen LogP contribution in [0.5, 0.6) is 0 Å². The lowest BCUT2D eigenvalue weighted by Crippen LogP contribution is -2.37. The molecule has 4 heteroatoms. The van der Waals surface area contributed by atoms with E-state index in [1.165, 1.54) is 0 Å². The van der Waals surface area contributed by atoms with Crippen LogP contribution in [0.4, 0.5) is 8.78 Å². The third-order valence-electron chi connectivity index (χ3n) is 2.85. The summed E-state index contributed by atoms with van der Waals surface area (Å²) >= 11 is 0. The Morgan fingerprint density at radius 3 is 2.87 bits per heavy atom. The van der Waals surface area contributed by atoms with Gasteiger partial charge in [-0.2, -0.15) is 5.26 Å². The normalized spacial score (nSPS) is 23.7. The third kappa shape index (κ3) is 5.08. The van der Waals surface area contributed by atoms with E-state index in [1.807, 2.05) is 0 Å². The molecule has 1 rings (SSSR count). The average Bonchev–Trinajstić information content (AvgIpc) is 2.15. The smallest absolute Gasteiger partial charge is 0.246 e. The molecular formula is C11H18F2N2. The Morgan fingerprint density at radius 1 is 1.53 bits per heavy atom. The first-order valence-electron chi connectivity index (χ1n) is 5.48. The maximum Gasteiger partial charge on any atom is 0.246 e. The molecule has 1 saturated heterocycles. The van der Waals surface area contributed by atoms with E-state index in [2.05, 4.69) is 11.0 Å². The van der Waals surface area contributed by atoms with Crippen molar-refractivity contribution in [3.05, 3.63) is 0 Å². The Morgan fingerprint density at radius 2 is 2.27 bits per heavy atom. The summed E-state index contributed by atoms with van der Waals surface area (Å²) in [7, 11) is 0. The van der Waals surface area contributed by atoms with Crippen LogP contribution in [-0.2, 0) is 0 Å². The molecule has 0 aromatic heterocycles. The Hall–Kier alpha value is -0.690. The molecule has 0 aromatic carbocycles. The molecule has 1 unspecified atom stereocenters. The molecule has 0 radical (unpaired) electrons. The van der Waals surface area contributed by atoms with Crippen molar-refractivity contribution >= 4 is 0 Å².